The molecule has 104 valence electrons. The van der Waals surface area contributed by atoms with Crippen LogP contribution in [0.2, 0.25) is 0 Å². The molecule has 0 amide bonds. The molecule has 3 heteroatoms. The standard InChI is InChI=1S/C16H22O3/c1-8-5-10-14(3,13-12(8)19-13)15(4)9(2)6-11(18-10)16(15)7-17-16/h5,9-13H,6-7H2,1-4H3/t9-,10?,11?,12+,13+,14?,15-,16+/m1/s1. The van der Waals surface area contributed by atoms with Crippen LogP contribution >= 0.6 is 0 Å². The highest BCUT2D eigenvalue weighted by Gasteiger charge is 2.83. The molecular formula is C16H22O3. The summed E-state index contributed by atoms with van der Waals surface area (Å²) in [5, 5.41) is 0. The second-order valence-corrected chi connectivity index (χ2v) is 7.73. The van der Waals surface area contributed by atoms with E-state index in [2.05, 4.69) is 33.8 Å². The van der Waals surface area contributed by atoms with E-state index < -0.39 is 0 Å². The highest BCUT2D eigenvalue weighted by molar-refractivity contribution is 5.37. The van der Waals surface area contributed by atoms with Crippen LogP contribution in [0.3, 0.4) is 0 Å². The van der Waals surface area contributed by atoms with Crippen molar-refractivity contribution >= 4 is 0 Å². The summed E-state index contributed by atoms with van der Waals surface area (Å²) in [5.41, 5.74) is 1.56. The molecule has 4 fully saturated rings. The Kier molecular flexibility index (Phi) is 1.67. The summed E-state index contributed by atoms with van der Waals surface area (Å²) in [6.45, 7) is 10.3. The number of hydrogen-bond donors (Lipinski definition) is 0. The van der Waals surface area contributed by atoms with E-state index in [0.717, 1.165) is 13.0 Å². The van der Waals surface area contributed by atoms with Gasteiger partial charge in [-0.2, -0.15) is 0 Å². The van der Waals surface area contributed by atoms with Gasteiger partial charge in [-0.15, -0.1) is 0 Å². The van der Waals surface area contributed by atoms with Gasteiger partial charge in [0.15, 0.2) is 0 Å². The molecule has 0 N–H and O–H groups in total. The van der Waals surface area contributed by atoms with Crippen LogP contribution in [-0.4, -0.2) is 36.6 Å². The van der Waals surface area contributed by atoms with Gasteiger partial charge in [-0.05, 0) is 24.8 Å². The van der Waals surface area contributed by atoms with Crippen LogP contribution in [0, 0.1) is 16.7 Å². The van der Waals surface area contributed by atoms with Gasteiger partial charge in [0.05, 0.1) is 24.9 Å². The fourth-order valence-electron chi connectivity index (χ4n) is 5.75. The van der Waals surface area contributed by atoms with Crippen LogP contribution in [0.5, 0.6) is 0 Å². The van der Waals surface area contributed by atoms with Gasteiger partial charge in [0.2, 0.25) is 0 Å². The highest BCUT2D eigenvalue weighted by Crippen LogP contribution is 2.75. The first-order chi connectivity index (χ1) is 8.95. The maximum Gasteiger partial charge on any atom is 0.124 e. The van der Waals surface area contributed by atoms with Gasteiger partial charge in [-0.25, -0.2) is 0 Å². The van der Waals surface area contributed by atoms with Crippen molar-refractivity contribution in [3.8, 4) is 0 Å². The Labute approximate surface area is 114 Å². The van der Waals surface area contributed by atoms with E-state index in [1.807, 2.05) is 0 Å². The molecule has 0 aromatic rings. The lowest BCUT2D eigenvalue weighted by Gasteiger charge is -2.56. The van der Waals surface area contributed by atoms with Crippen molar-refractivity contribution in [2.75, 3.05) is 6.61 Å². The van der Waals surface area contributed by atoms with E-state index in [0.29, 0.717) is 18.1 Å². The Morgan fingerprint density at radius 2 is 2.00 bits per heavy atom. The van der Waals surface area contributed by atoms with Crippen molar-refractivity contribution in [3.63, 3.8) is 0 Å². The van der Waals surface area contributed by atoms with Crippen molar-refractivity contribution in [2.45, 2.75) is 64.1 Å². The predicted molar refractivity (Wildman–Crippen MR) is 69.8 cm³/mol. The van der Waals surface area contributed by atoms with Crippen LogP contribution in [0.25, 0.3) is 0 Å². The molecule has 3 nitrogen and oxygen atoms in total. The van der Waals surface area contributed by atoms with E-state index in [4.69, 9.17) is 14.2 Å². The predicted octanol–water partition coefficient (Wildman–Crippen LogP) is 2.30. The molecule has 5 rings (SSSR count). The summed E-state index contributed by atoms with van der Waals surface area (Å²) < 4.78 is 18.5. The second-order valence-electron chi connectivity index (χ2n) is 7.73. The third kappa shape index (κ3) is 0.913. The Bertz CT molecular complexity index is 508. The molecule has 0 radical (unpaired) electrons. The molecule has 3 unspecified atom stereocenters. The third-order valence-electron chi connectivity index (χ3n) is 7.37. The molecular weight excluding hydrogens is 240 g/mol. The third-order valence-corrected chi connectivity index (χ3v) is 7.37. The Hall–Kier alpha value is -0.380. The van der Waals surface area contributed by atoms with Crippen molar-refractivity contribution in [1.29, 1.82) is 0 Å². The molecule has 0 aromatic carbocycles. The van der Waals surface area contributed by atoms with Gasteiger partial charge < -0.3 is 14.2 Å². The minimum Gasteiger partial charge on any atom is -0.367 e. The maximum absolute atomic E-state index is 6.48. The van der Waals surface area contributed by atoms with Crippen LogP contribution in [-0.2, 0) is 14.2 Å². The van der Waals surface area contributed by atoms with Gasteiger partial charge in [0.25, 0.3) is 0 Å². The molecule has 2 bridgehead atoms. The van der Waals surface area contributed by atoms with Gasteiger partial charge in [-0.3, -0.25) is 0 Å². The number of ether oxygens (including phenoxy) is 3. The van der Waals surface area contributed by atoms with E-state index >= 15 is 0 Å². The summed E-state index contributed by atoms with van der Waals surface area (Å²) in [5.74, 6) is 0.631. The highest BCUT2D eigenvalue weighted by atomic mass is 16.6. The summed E-state index contributed by atoms with van der Waals surface area (Å²) in [7, 11) is 0. The molecule has 3 saturated heterocycles. The molecule has 19 heavy (non-hydrogen) atoms. The van der Waals surface area contributed by atoms with Gasteiger partial charge in [0, 0.05) is 10.8 Å². The molecule has 3 aliphatic heterocycles. The van der Waals surface area contributed by atoms with E-state index in [1.165, 1.54) is 5.57 Å². The summed E-state index contributed by atoms with van der Waals surface area (Å²) in [4.78, 5) is 0. The SMILES string of the molecule is CC1=CC2OC3C[C@@H](C)[C@](C)(C2(C)[C@H]2O[C@@H]12)[C@]31CO1. The van der Waals surface area contributed by atoms with Gasteiger partial charge in [-0.1, -0.05) is 26.8 Å². The smallest absolute Gasteiger partial charge is 0.124 e. The number of hydrogen-bond acceptors (Lipinski definition) is 3. The van der Waals surface area contributed by atoms with E-state index in [1.54, 1.807) is 0 Å². The average Bonchev–Trinajstić information content (AvgIpc) is 3.22. The maximum atomic E-state index is 6.48. The average molecular weight is 262 g/mol. The fourth-order valence-corrected chi connectivity index (χ4v) is 5.75. The van der Waals surface area contributed by atoms with Crippen LogP contribution in [0.15, 0.2) is 11.6 Å². The Morgan fingerprint density at radius 1 is 1.26 bits per heavy atom. The monoisotopic (exact) mass is 262 g/mol. The first-order valence-corrected chi connectivity index (χ1v) is 7.58. The van der Waals surface area contributed by atoms with Crippen LogP contribution in [0.4, 0.5) is 0 Å². The van der Waals surface area contributed by atoms with Gasteiger partial charge in [0.1, 0.15) is 11.7 Å². The van der Waals surface area contributed by atoms with Crippen molar-refractivity contribution in [3.05, 3.63) is 11.6 Å². The lowest BCUT2D eigenvalue weighted by Crippen LogP contribution is -2.65. The van der Waals surface area contributed by atoms with Crippen molar-refractivity contribution in [1.82, 2.24) is 0 Å². The minimum atomic E-state index is -0.0206. The zero-order chi connectivity index (χ0) is 13.2. The topological polar surface area (TPSA) is 34.3 Å². The largest absolute Gasteiger partial charge is 0.367 e. The van der Waals surface area contributed by atoms with Crippen molar-refractivity contribution < 1.29 is 14.2 Å². The molecule has 1 spiro atoms. The summed E-state index contributed by atoms with van der Waals surface area (Å²) in [6, 6.07) is 0. The molecule has 1 saturated carbocycles. The molecule has 3 heterocycles. The lowest BCUT2D eigenvalue weighted by atomic mass is 9.50. The first kappa shape index (κ1) is 11.3. The quantitative estimate of drug-likeness (QED) is 0.496. The summed E-state index contributed by atoms with van der Waals surface area (Å²) in [6.07, 6.45) is 4.60. The zero-order valence-corrected chi connectivity index (χ0v) is 12.1. The second kappa shape index (κ2) is 2.81. The van der Waals surface area contributed by atoms with E-state index in [-0.39, 0.29) is 28.6 Å². The van der Waals surface area contributed by atoms with Crippen LogP contribution < -0.4 is 0 Å². The number of epoxide rings is 2. The van der Waals surface area contributed by atoms with Gasteiger partial charge >= 0.3 is 0 Å². The summed E-state index contributed by atoms with van der Waals surface area (Å²) >= 11 is 0. The number of rotatable bonds is 0. The molecule has 0 aromatic heterocycles. The normalized spacial score (nSPS) is 68.4. The van der Waals surface area contributed by atoms with Crippen molar-refractivity contribution in [2.24, 2.45) is 16.7 Å². The first-order valence-electron chi connectivity index (χ1n) is 7.58. The molecule has 5 aliphatic rings. The lowest BCUT2D eigenvalue weighted by molar-refractivity contribution is -0.199. The Morgan fingerprint density at radius 3 is 2.68 bits per heavy atom. The number of fused-ring (bicyclic) bond motifs is 4. The van der Waals surface area contributed by atoms with Crippen LogP contribution in [0.1, 0.15) is 34.1 Å². The molecule has 8 atom stereocenters. The Balaban J connectivity index is 1.73. The van der Waals surface area contributed by atoms with E-state index in [9.17, 15) is 0 Å². The fraction of sp³-hybridized carbons (Fsp3) is 0.875. The zero-order valence-electron chi connectivity index (χ0n) is 12.1. The molecule has 2 aliphatic carbocycles. The minimum absolute atomic E-state index is 0.0206.